The maximum absolute atomic E-state index is 13.0. The van der Waals surface area contributed by atoms with Crippen LogP contribution in [0.4, 0.5) is 4.79 Å². The molecule has 2 aromatic carbocycles. The summed E-state index contributed by atoms with van der Waals surface area (Å²) in [5.41, 5.74) is 1.61. The van der Waals surface area contributed by atoms with Gasteiger partial charge in [0.05, 0.1) is 25.8 Å². The topological polar surface area (TPSA) is 62.3 Å². The minimum absolute atomic E-state index is 0.00755. The van der Waals surface area contributed by atoms with Crippen molar-refractivity contribution in [1.82, 2.24) is 14.7 Å². The number of piperazine rings is 1. The van der Waals surface area contributed by atoms with Crippen LogP contribution in [0.2, 0.25) is 0 Å². The van der Waals surface area contributed by atoms with Crippen molar-refractivity contribution >= 4 is 11.9 Å². The van der Waals surface area contributed by atoms with Crippen molar-refractivity contribution in [2.75, 3.05) is 40.4 Å². The van der Waals surface area contributed by atoms with Gasteiger partial charge in [0.2, 0.25) is 0 Å². The molecular weight excluding hydrogens is 370 g/mol. The Morgan fingerprint density at radius 3 is 2.48 bits per heavy atom. The molecule has 2 saturated heterocycles. The van der Waals surface area contributed by atoms with Gasteiger partial charge in [0.1, 0.15) is 11.5 Å². The highest BCUT2D eigenvalue weighted by Gasteiger charge is 2.41. The van der Waals surface area contributed by atoms with Gasteiger partial charge in [0, 0.05) is 32.7 Å². The van der Waals surface area contributed by atoms with Crippen LogP contribution in [0, 0.1) is 0 Å². The van der Waals surface area contributed by atoms with E-state index in [4.69, 9.17) is 9.47 Å². The van der Waals surface area contributed by atoms with Crippen LogP contribution in [0.3, 0.4) is 0 Å². The molecule has 7 nitrogen and oxygen atoms in total. The molecule has 0 N–H and O–H groups in total. The first-order valence-corrected chi connectivity index (χ1v) is 9.71. The Morgan fingerprint density at radius 1 is 1.00 bits per heavy atom. The van der Waals surface area contributed by atoms with Gasteiger partial charge >= 0.3 is 6.03 Å². The number of methoxy groups -OCH3 is 2. The lowest BCUT2D eigenvalue weighted by Crippen LogP contribution is -2.53. The van der Waals surface area contributed by atoms with Crippen LogP contribution in [0.1, 0.15) is 15.9 Å². The van der Waals surface area contributed by atoms with Gasteiger partial charge in [0.15, 0.2) is 0 Å². The molecule has 0 saturated carbocycles. The van der Waals surface area contributed by atoms with E-state index in [1.165, 1.54) is 0 Å². The summed E-state index contributed by atoms with van der Waals surface area (Å²) in [5, 5.41) is 0. The summed E-state index contributed by atoms with van der Waals surface area (Å²) in [7, 11) is 3.20. The van der Waals surface area contributed by atoms with Crippen molar-refractivity contribution in [3.63, 3.8) is 0 Å². The molecule has 1 atom stereocenters. The largest absolute Gasteiger partial charge is 0.497 e. The molecule has 3 amide bonds. The van der Waals surface area contributed by atoms with E-state index in [1.807, 2.05) is 51.1 Å². The van der Waals surface area contributed by atoms with Gasteiger partial charge < -0.3 is 24.2 Å². The first kappa shape index (κ1) is 19.1. The molecule has 0 radical (unpaired) electrons. The molecule has 2 aliphatic heterocycles. The van der Waals surface area contributed by atoms with Crippen molar-refractivity contribution in [3.05, 3.63) is 59.7 Å². The summed E-state index contributed by atoms with van der Waals surface area (Å²) >= 11 is 0. The third-order valence-corrected chi connectivity index (χ3v) is 5.59. The molecule has 7 heteroatoms. The van der Waals surface area contributed by atoms with E-state index < -0.39 is 0 Å². The highest BCUT2D eigenvalue weighted by atomic mass is 16.5. The Bertz CT molecular complexity index is 899. The van der Waals surface area contributed by atoms with Gasteiger partial charge in [-0.25, -0.2) is 4.79 Å². The summed E-state index contributed by atoms with van der Waals surface area (Å²) in [4.78, 5) is 31.4. The first-order valence-electron chi connectivity index (χ1n) is 9.71. The molecule has 29 heavy (non-hydrogen) atoms. The van der Waals surface area contributed by atoms with Gasteiger partial charge in [-0.3, -0.25) is 4.79 Å². The van der Waals surface area contributed by atoms with Crippen LogP contribution >= 0.6 is 0 Å². The molecule has 0 aliphatic carbocycles. The monoisotopic (exact) mass is 395 g/mol. The molecule has 2 fully saturated rings. The van der Waals surface area contributed by atoms with Gasteiger partial charge in [0.25, 0.3) is 5.91 Å². The Kier molecular flexibility index (Phi) is 5.29. The number of rotatable bonds is 5. The van der Waals surface area contributed by atoms with Crippen LogP contribution in [0.5, 0.6) is 11.5 Å². The Labute approximate surface area is 170 Å². The van der Waals surface area contributed by atoms with E-state index >= 15 is 0 Å². The Balaban J connectivity index is 1.43. The molecular formula is C22H25N3O4. The number of benzene rings is 2. The fourth-order valence-electron chi connectivity index (χ4n) is 4.04. The number of para-hydroxylation sites is 1. The maximum atomic E-state index is 13.0. The third-order valence-electron chi connectivity index (χ3n) is 5.59. The van der Waals surface area contributed by atoms with E-state index in [0.29, 0.717) is 44.0 Å². The van der Waals surface area contributed by atoms with Crippen molar-refractivity contribution in [2.24, 2.45) is 0 Å². The number of ether oxygens (including phenoxy) is 2. The van der Waals surface area contributed by atoms with E-state index in [0.717, 1.165) is 11.3 Å². The van der Waals surface area contributed by atoms with Gasteiger partial charge in [-0.15, -0.1) is 0 Å². The highest BCUT2D eigenvalue weighted by molar-refractivity contribution is 5.97. The number of hydrogen-bond acceptors (Lipinski definition) is 4. The molecule has 2 aliphatic rings. The molecule has 0 aromatic heterocycles. The second-order valence-electron chi connectivity index (χ2n) is 7.31. The Morgan fingerprint density at radius 2 is 1.76 bits per heavy atom. The second kappa shape index (κ2) is 8.03. The summed E-state index contributed by atoms with van der Waals surface area (Å²) in [6.45, 7) is 2.76. The van der Waals surface area contributed by atoms with Crippen molar-refractivity contribution in [2.45, 2.75) is 12.6 Å². The lowest BCUT2D eigenvalue weighted by Gasteiger charge is -2.36. The minimum atomic E-state index is -0.0526. The van der Waals surface area contributed by atoms with Gasteiger partial charge in [-0.1, -0.05) is 24.3 Å². The second-order valence-corrected chi connectivity index (χ2v) is 7.31. The highest BCUT2D eigenvalue weighted by Crippen LogP contribution is 2.26. The zero-order chi connectivity index (χ0) is 20.4. The molecule has 4 rings (SSSR count). The summed E-state index contributed by atoms with van der Waals surface area (Å²) < 4.78 is 10.5. The fraction of sp³-hybridized carbons (Fsp3) is 0.364. The fourth-order valence-corrected chi connectivity index (χ4v) is 4.04. The van der Waals surface area contributed by atoms with Crippen LogP contribution < -0.4 is 9.47 Å². The zero-order valence-electron chi connectivity index (χ0n) is 16.7. The summed E-state index contributed by atoms with van der Waals surface area (Å²) in [6, 6.07) is 15.0. The average Bonchev–Trinajstić information content (AvgIpc) is 3.08. The lowest BCUT2D eigenvalue weighted by molar-refractivity contribution is 0.0613. The van der Waals surface area contributed by atoms with E-state index in [1.54, 1.807) is 26.4 Å². The normalized spacial score (nSPS) is 18.6. The smallest absolute Gasteiger partial charge is 0.320 e. The predicted octanol–water partition coefficient (Wildman–Crippen LogP) is 2.47. The molecule has 0 bridgehead atoms. The standard InChI is InChI=1S/C22H25N3O4/c1-28-18-9-7-16(8-10-18)13-24-15-17-14-23(11-12-25(17)22(24)27)21(26)19-5-3-4-6-20(19)29-2/h3-10,17H,11-15H2,1-2H3/t17-/m1/s1. The predicted molar refractivity (Wildman–Crippen MR) is 108 cm³/mol. The number of carbonyl (C=O) groups is 2. The number of fused-ring (bicyclic) bond motifs is 1. The molecule has 0 spiro atoms. The van der Waals surface area contributed by atoms with Crippen molar-refractivity contribution in [3.8, 4) is 11.5 Å². The van der Waals surface area contributed by atoms with Crippen molar-refractivity contribution < 1.29 is 19.1 Å². The van der Waals surface area contributed by atoms with E-state index in [9.17, 15) is 9.59 Å². The van der Waals surface area contributed by atoms with E-state index in [2.05, 4.69) is 0 Å². The SMILES string of the molecule is COc1ccc(CN2C[C@H]3CN(C(=O)c4ccccc4OC)CCN3C2=O)cc1. The zero-order valence-corrected chi connectivity index (χ0v) is 16.7. The van der Waals surface area contributed by atoms with E-state index in [-0.39, 0.29) is 18.0 Å². The minimum Gasteiger partial charge on any atom is -0.497 e. The Hall–Kier alpha value is -3.22. The van der Waals surface area contributed by atoms with Crippen LogP contribution in [0.25, 0.3) is 0 Å². The summed E-state index contributed by atoms with van der Waals surface area (Å²) in [5.74, 6) is 1.32. The van der Waals surface area contributed by atoms with Gasteiger partial charge in [-0.05, 0) is 29.8 Å². The number of urea groups is 1. The third kappa shape index (κ3) is 3.72. The number of carbonyl (C=O) groups excluding carboxylic acids is 2. The van der Waals surface area contributed by atoms with Crippen LogP contribution in [0.15, 0.2) is 48.5 Å². The number of nitrogens with zero attached hydrogens (tertiary/aromatic N) is 3. The maximum Gasteiger partial charge on any atom is 0.320 e. The van der Waals surface area contributed by atoms with Crippen molar-refractivity contribution in [1.29, 1.82) is 0 Å². The molecule has 2 heterocycles. The number of hydrogen-bond donors (Lipinski definition) is 0. The van der Waals surface area contributed by atoms with Crippen LogP contribution in [-0.2, 0) is 6.54 Å². The molecule has 152 valence electrons. The first-order chi connectivity index (χ1) is 14.1. The molecule has 0 unspecified atom stereocenters. The average molecular weight is 395 g/mol. The summed E-state index contributed by atoms with van der Waals surface area (Å²) in [6.07, 6.45) is 0. The quantitative estimate of drug-likeness (QED) is 0.780. The molecule has 2 aromatic rings. The number of amides is 3. The van der Waals surface area contributed by atoms with Crippen LogP contribution in [-0.4, -0.2) is 73.1 Å². The van der Waals surface area contributed by atoms with Gasteiger partial charge in [-0.2, -0.15) is 0 Å². The lowest BCUT2D eigenvalue weighted by atomic mass is 10.1.